The smallest absolute Gasteiger partial charge is 0.408 e. The van der Waals surface area contributed by atoms with Gasteiger partial charge in [-0.05, 0) is 68.9 Å². The second kappa shape index (κ2) is 10.7. The summed E-state index contributed by atoms with van der Waals surface area (Å²) in [6, 6.07) is 1.90. The third-order valence-corrected chi connectivity index (χ3v) is 9.05. The van der Waals surface area contributed by atoms with Crippen LogP contribution in [0.15, 0.2) is 17.5 Å². The van der Waals surface area contributed by atoms with Crippen LogP contribution in [0.3, 0.4) is 0 Å². The van der Waals surface area contributed by atoms with Crippen LogP contribution in [0.5, 0.6) is 0 Å². The monoisotopic (exact) mass is 564 g/mol. The number of aliphatic carboxylic acids is 1. The molecule has 0 aliphatic heterocycles. The lowest BCUT2D eigenvalue weighted by molar-refractivity contribution is -0.175. The first-order chi connectivity index (χ1) is 17.8. The third-order valence-electron chi connectivity index (χ3n) is 8.16. The first kappa shape index (κ1) is 30.9. The third kappa shape index (κ3) is 6.76. The van der Waals surface area contributed by atoms with Crippen LogP contribution in [0.4, 0.5) is 9.80 Å². The molecule has 1 aromatic heterocycles. The van der Waals surface area contributed by atoms with Crippen molar-refractivity contribution in [1.29, 1.82) is 0 Å². The van der Waals surface area contributed by atoms with Gasteiger partial charge in [0, 0.05) is 10.8 Å². The minimum Gasteiger partial charge on any atom is -0.480 e. The fourth-order valence-electron chi connectivity index (χ4n) is 6.44. The van der Waals surface area contributed by atoms with Crippen molar-refractivity contribution in [3.05, 3.63) is 17.5 Å². The van der Waals surface area contributed by atoms with E-state index in [9.17, 15) is 24.3 Å². The van der Waals surface area contributed by atoms with E-state index >= 15 is 0 Å². The molecule has 2 amide bonds. The van der Waals surface area contributed by atoms with Gasteiger partial charge in [-0.2, -0.15) is 0 Å². The Morgan fingerprint density at radius 2 is 1.79 bits per heavy atom. The summed E-state index contributed by atoms with van der Waals surface area (Å²) in [5.41, 5.74) is -2.07. The molecule has 2 aliphatic rings. The van der Waals surface area contributed by atoms with Crippen LogP contribution in [0.25, 0.3) is 0 Å². The number of ether oxygens (including phenoxy) is 2. The molecule has 0 saturated heterocycles. The number of nitrogens with zero attached hydrogens (tertiary/aromatic N) is 1. The molecule has 0 aromatic carbocycles. The summed E-state index contributed by atoms with van der Waals surface area (Å²) in [4.78, 5) is 54.1. The number of alkyl carbamates (subject to hydrolysis) is 1. The fourth-order valence-corrected chi connectivity index (χ4v) is 7.18. The van der Waals surface area contributed by atoms with Crippen LogP contribution in [0.2, 0.25) is 0 Å². The Labute approximate surface area is 235 Å². The molecule has 1 heterocycles. The minimum absolute atomic E-state index is 0.156. The molecule has 5 atom stereocenters. The Bertz CT molecular complexity index is 1080. The summed E-state index contributed by atoms with van der Waals surface area (Å²) in [6.45, 7) is 16.3. The number of esters is 1. The summed E-state index contributed by atoms with van der Waals surface area (Å²) in [5, 5.41) is 14.3. The summed E-state index contributed by atoms with van der Waals surface area (Å²) in [7, 11) is 0. The molecular formula is C29H44N2O7S. The quantitative estimate of drug-likeness (QED) is 0.401. The molecule has 39 heavy (non-hydrogen) atoms. The molecule has 0 spiro atoms. The lowest BCUT2D eigenvalue weighted by Crippen LogP contribution is -2.59. The van der Waals surface area contributed by atoms with Gasteiger partial charge in [-0.3, -0.25) is 19.3 Å². The normalized spacial score (nSPS) is 25.5. The Hall–Kier alpha value is -2.62. The van der Waals surface area contributed by atoms with E-state index < -0.39 is 53.5 Å². The number of hydrogen-bond acceptors (Lipinski definition) is 7. The van der Waals surface area contributed by atoms with Gasteiger partial charge >= 0.3 is 18.0 Å². The molecule has 2 N–H and O–H groups in total. The molecule has 2 bridgehead atoms. The van der Waals surface area contributed by atoms with E-state index in [1.54, 1.807) is 59.1 Å². The van der Waals surface area contributed by atoms with E-state index in [2.05, 4.69) is 26.1 Å². The standard InChI is InChI=1S/C29H44N2O7S/c1-26(2,3)20(23(35)37-24-28(7,8)17-12-13-29(24,9)15-17)21(30-25(36)38-27(4,5)6)22(34)31(16-19(32)33)18-11-10-14-39-18/h10-11,14,17,20-21,24H,12-13,15-16H2,1-9H3,(H,30,36)(H,32,33)/t17?,20?,21-,24?,29?/m0/s1. The van der Waals surface area contributed by atoms with Gasteiger partial charge in [0.2, 0.25) is 0 Å². The van der Waals surface area contributed by atoms with E-state index in [-0.39, 0.29) is 16.9 Å². The maximum Gasteiger partial charge on any atom is 0.408 e. The molecule has 0 radical (unpaired) electrons. The number of amides is 2. The summed E-state index contributed by atoms with van der Waals surface area (Å²) in [6.07, 6.45) is 1.80. The van der Waals surface area contributed by atoms with E-state index in [1.807, 2.05) is 0 Å². The molecule has 9 nitrogen and oxygen atoms in total. The van der Waals surface area contributed by atoms with Gasteiger partial charge in [0.1, 0.15) is 24.3 Å². The Morgan fingerprint density at radius 3 is 2.26 bits per heavy atom. The lowest BCUT2D eigenvalue weighted by Gasteiger charge is -2.44. The van der Waals surface area contributed by atoms with Crippen molar-refractivity contribution in [3.63, 3.8) is 0 Å². The van der Waals surface area contributed by atoms with Crippen LogP contribution in [0.1, 0.15) is 81.6 Å². The Kier molecular flexibility index (Phi) is 8.52. The molecule has 218 valence electrons. The van der Waals surface area contributed by atoms with Gasteiger partial charge in [-0.25, -0.2) is 4.79 Å². The van der Waals surface area contributed by atoms with Crippen molar-refractivity contribution in [2.24, 2.45) is 28.1 Å². The molecule has 3 rings (SSSR count). The molecule has 2 saturated carbocycles. The zero-order valence-corrected chi connectivity index (χ0v) is 25.4. The number of carboxylic acids is 1. The fraction of sp³-hybridized carbons (Fsp3) is 0.724. The number of fused-ring (bicyclic) bond motifs is 2. The number of carboxylic acid groups (broad SMARTS) is 1. The molecule has 2 aliphatic carbocycles. The van der Waals surface area contributed by atoms with Crippen LogP contribution in [-0.2, 0) is 23.9 Å². The highest BCUT2D eigenvalue weighted by Gasteiger charge is 2.62. The Balaban J connectivity index is 2.03. The number of thiophene rings is 1. The van der Waals surface area contributed by atoms with Gasteiger partial charge < -0.3 is 19.9 Å². The predicted molar refractivity (Wildman–Crippen MR) is 150 cm³/mol. The van der Waals surface area contributed by atoms with Crippen LogP contribution in [0, 0.1) is 28.1 Å². The van der Waals surface area contributed by atoms with Gasteiger partial charge in [0.05, 0.1) is 10.9 Å². The molecule has 4 unspecified atom stereocenters. The van der Waals surface area contributed by atoms with Crippen molar-refractivity contribution >= 4 is 40.3 Å². The number of rotatable bonds is 8. The van der Waals surface area contributed by atoms with Crippen molar-refractivity contribution in [1.82, 2.24) is 5.32 Å². The molecule has 1 aromatic rings. The van der Waals surface area contributed by atoms with Gasteiger partial charge in [-0.1, -0.05) is 41.5 Å². The summed E-state index contributed by atoms with van der Waals surface area (Å²) < 4.78 is 11.8. The van der Waals surface area contributed by atoms with E-state index in [1.165, 1.54) is 11.3 Å². The van der Waals surface area contributed by atoms with Gasteiger partial charge in [-0.15, -0.1) is 11.3 Å². The highest BCUT2D eigenvalue weighted by molar-refractivity contribution is 7.14. The lowest BCUT2D eigenvalue weighted by atomic mass is 9.69. The maximum absolute atomic E-state index is 14.1. The van der Waals surface area contributed by atoms with Gasteiger partial charge in [0.25, 0.3) is 5.91 Å². The van der Waals surface area contributed by atoms with Crippen LogP contribution >= 0.6 is 11.3 Å². The number of nitrogens with one attached hydrogen (secondary N) is 1. The number of carbonyl (C=O) groups excluding carboxylic acids is 3. The second-order valence-corrected chi connectivity index (χ2v) is 14.9. The van der Waals surface area contributed by atoms with Crippen LogP contribution < -0.4 is 10.2 Å². The second-order valence-electron chi connectivity index (χ2n) is 14.0. The number of anilines is 1. The van der Waals surface area contributed by atoms with Crippen molar-refractivity contribution in [2.45, 2.75) is 99.3 Å². The summed E-state index contributed by atoms with van der Waals surface area (Å²) >= 11 is 1.19. The molecule has 10 heteroatoms. The van der Waals surface area contributed by atoms with E-state index in [4.69, 9.17) is 9.47 Å². The Morgan fingerprint density at radius 1 is 1.15 bits per heavy atom. The first-order valence-electron chi connectivity index (χ1n) is 13.5. The van der Waals surface area contributed by atoms with E-state index in [0.29, 0.717) is 10.9 Å². The average molecular weight is 565 g/mol. The number of carbonyl (C=O) groups is 4. The largest absolute Gasteiger partial charge is 0.480 e. The molecule has 2 fully saturated rings. The average Bonchev–Trinajstić information content (AvgIpc) is 3.46. The van der Waals surface area contributed by atoms with Crippen molar-refractivity contribution < 1.29 is 33.8 Å². The zero-order valence-electron chi connectivity index (χ0n) is 24.6. The maximum atomic E-state index is 14.1. The highest BCUT2D eigenvalue weighted by atomic mass is 32.1. The van der Waals surface area contributed by atoms with Crippen molar-refractivity contribution in [3.8, 4) is 0 Å². The SMILES string of the molecule is CC(C)(C)OC(=O)N[C@H](C(=O)N(CC(=O)O)c1cccs1)C(C(=O)OC1C2(C)CCC(C2)C1(C)C)C(C)(C)C. The first-order valence-corrected chi connectivity index (χ1v) is 14.4. The predicted octanol–water partition coefficient (Wildman–Crippen LogP) is 5.48. The number of hydrogen-bond donors (Lipinski definition) is 2. The van der Waals surface area contributed by atoms with Crippen molar-refractivity contribution in [2.75, 3.05) is 11.4 Å². The molecular weight excluding hydrogens is 520 g/mol. The zero-order chi connectivity index (χ0) is 29.6. The summed E-state index contributed by atoms with van der Waals surface area (Å²) in [5.74, 6) is -3.21. The van der Waals surface area contributed by atoms with E-state index in [0.717, 1.165) is 24.2 Å². The topological polar surface area (TPSA) is 122 Å². The highest BCUT2D eigenvalue weighted by Crippen LogP contribution is 2.63. The minimum atomic E-state index is -1.43. The van der Waals surface area contributed by atoms with Gasteiger partial charge in [0.15, 0.2) is 0 Å². The van der Waals surface area contributed by atoms with Crippen LogP contribution in [-0.4, -0.2) is 53.3 Å².